The van der Waals surface area contributed by atoms with Crippen molar-refractivity contribution in [1.82, 2.24) is 4.90 Å². The molecule has 0 spiro atoms. The summed E-state index contributed by atoms with van der Waals surface area (Å²) in [6.07, 6.45) is 0.712. The van der Waals surface area contributed by atoms with E-state index < -0.39 is 11.4 Å². The fourth-order valence-corrected chi connectivity index (χ4v) is 3.26. The van der Waals surface area contributed by atoms with Crippen molar-refractivity contribution in [2.24, 2.45) is 11.3 Å². The van der Waals surface area contributed by atoms with E-state index in [1.807, 2.05) is 39.0 Å². The van der Waals surface area contributed by atoms with Crippen molar-refractivity contribution in [1.29, 1.82) is 0 Å². The highest BCUT2D eigenvalue weighted by Gasteiger charge is 2.47. The van der Waals surface area contributed by atoms with Crippen molar-refractivity contribution in [3.63, 3.8) is 0 Å². The van der Waals surface area contributed by atoms with Gasteiger partial charge in [-0.3, -0.25) is 9.69 Å². The number of likely N-dealkylation sites (tertiary alicyclic amines) is 1. The van der Waals surface area contributed by atoms with Crippen LogP contribution < -0.4 is 0 Å². The molecule has 0 saturated carbocycles. The summed E-state index contributed by atoms with van der Waals surface area (Å²) in [6, 6.07) is 6.04. The quantitative estimate of drug-likeness (QED) is 0.923. The van der Waals surface area contributed by atoms with Crippen molar-refractivity contribution in [2.75, 3.05) is 13.1 Å². The summed E-state index contributed by atoms with van der Waals surface area (Å²) < 4.78 is 0. The standard InChI is InChI=1S/C16H22ClNO2/c1-11(2)16(15(19)20)6-7-18(10-16)9-13-5-4-12(3)8-14(13)17/h4-5,8,11H,6-7,9-10H2,1-3H3,(H,19,20). The minimum absolute atomic E-state index is 0.137. The molecule has 1 unspecified atom stereocenters. The zero-order chi connectivity index (χ0) is 14.9. The number of carboxylic acids is 1. The van der Waals surface area contributed by atoms with E-state index in [2.05, 4.69) is 4.90 Å². The van der Waals surface area contributed by atoms with Crippen LogP contribution in [-0.2, 0) is 11.3 Å². The summed E-state index contributed by atoms with van der Waals surface area (Å²) in [5, 5.41) is 10.3. The lowest BCUT2D eigenvalue weighted by Gasteiger charge is -2.29. The molecule has 1 fully saturated rings. The third-order valence-electron chi connectivity index (χ3n) is 4.51. The number of nitrogens with zero attached hydrogens (tertiary/aromatic N) is 1. The lowest BCUT2D eigenvalue weighted by molar-refractivity contribution is -0.151. The summed E-state index contributed by atoms with van der Waals surface area (Å²) in [5.74, 6) is -0.538. The Bertz CT molecular complexity index is 515. The Kier molecular flexibility index (Phi) is 4.40. The first-order valence-corrected chi connectivity index (χ1v) is 7.44. The number of carbonyl (C=O) groups is 1. The summed E-state index contributed by atoms with van der Waals surface area (Å²) in [6.45, 7) is 8.15. The number of aliphatic carboxylic acids is 1. The lowest BCUT2D eigenvalue weighted by atomic mass is 9.76. The fourth-order valence-electron chi connectivity index (χ4n) is 2.96. The second kappa shape index (κ2) is 5.74. The molecule has 1 aromatic rings. The first-order valence-electron chi connectivity index (χ1n) is 7.06. The summed E-state index contributed by atoms with van der Waals surface area (Å²) in [5.41, 5.74) is 1.60. The lowest BCUT2D eigenvalue weighted by Crippen LogP contribution is -2.39. The van der Waals surface area contributed by atoms with Crippen LogP contribution in [-0.4, -0.2) is 29.1 Å². The van der Waals surface area contributed by atoms with E-state index in [1.54, 1.807) is 0 Å². The van der Waals surface area contributed by atoms with Crippen molar-refractivity contribution in [3.8, 4) is 0 Å². The number of rotatable bonds is 4. The summed E-state index contributed by atoms with van der Waals surface area (Å²) in [4.78, 5) is 13.8. The van der Waals surface area contributed by atoms with E-state index in [9.17, 15) is 9.90 Å². The molecule has 1 N–H and O–H groups in total. The SMILES string of the molecule is Cc1ccc(CN2CCC(C(=O)O)(C(C)C)C2)c(Cl)c1. The molecular weight excluding hydrogens is 274 g/mol. The van der Waals surface area contributed by atoms with E-state index in [4.69, 9.17) is 11.6 Å². The molecule has 0 aromatic heterocycles. The molecular formula is C16H22ClNO2. The van der Waals surface area contributed by atoms with Gasteiger partial charge in [-0.25, -0.2) is 0 Å². The Labute approximate surface area is 125 Å². The summed E-state index contributed by atoms with van der Waals surface area (Å²) in [7, 11) is 0. The highest BCUT2D eigenvalue weighted by atomic mass is 35.5. The normalized spacial score (nSPS) is 23.4. The van der Waals surface area contributed by atoms with E-state index in [0.29, 0.717) is 13.0 Å². The predicted octanol–water partition coefficient (Wildman–Crippen LogP) is 3.58. The third kappa shape index (κ3) is 2.84. The molecule has 20 heavy (non-hydrogen) atoms. The molecule has 1 aromatic carbocycles. The van der Waals surface area contributed by atoms with Crippen LogP contribution in [0, 0.1) is 18.3 Å². The van der Waals surface area contributed by atoms with Gasteiger partial charge in [-0.05, 0) is 43.0 Å². The van der Waals surface area contributed by atoms with Crippen LogP contribution in [0.2, 0.25) is 5.02 Å². The van der Waals surface area contributed by atoms with E-state index in [1.165, 1.54) is 0 Å². The first-order chi connectivity index (χ1) is 9.35. The van der Waals surface area contributed by atoms with Gasteiger partial charge in [0.15, 0.2) is 0 Å². The van der Waals surface area contributed by atoms with Crippen molar-refractivity contribution < 1.29 is 9.90 Å². The Morgan fingerprint density at radius 1 is 1.50 bits per heavy atom. The topological polar surface area (TPSA) is 40.5 Å². The smallest absolute Gasteiger partial charge is 0.311 e. The van der Waals surface area contributed by atoms with Crippen LogP contribution in [0.5, 0.6) is 0 Å². The van der Waals surface area contributed by atoms with Crippen LogP contribution in [0.15, 0.2) is 18.2 Å². The van der Waals surface area contributed by atoms with Crippen LogP contribution in [0.3, 0.4) is 0 Å². The molecule has 1 aliphatic rings. The average Bonchev–Trinajstić information content (AvgIpc) is 2.78. The molecule has 2 rings (SSSR count). The molecule has 1 atom stereocenters. The first kappa shape index (κ1) is 15.3. The van der Waals surface area contributed by atoms with Crippen LogP contribution in [0.25, 0.3) is 0 Å². The van der Waals surface area contributed by atoms with Gasteiger partial charge in [0, 0.05) is 18.1 Å². The molecule has 1 heterocycles. The minimum Gasteiger partial charge on any atom is -0.481 e. The van der Waals surface area contributed by atoms with Crippen LogP contribution in [0.1, 0.15) is 31.4 Å². The zero-order valence-corrected chi connectivity index (χ0v) is 13.1. The van der Waals surface area contributed by atoms with Crippen molar-refractivity contribution >= 4 is 17.6 Å². The van der Waals surface area contributed by atoms with E-state index in [0.717, 1.165) is 29.2 Å². The predicted molar refractivity (Wildman–Crippen MR) is 81.0 cm³/mol. The molecule has 0 bridgehead atoms. The molecule has 0 aliphatic carbocycles. The van der Waals surface area contributed by atoms with Crippen molar-refractivity contribution in [2.45, 2.75) is 33.7 Å². The molecule has 1 saturated heterocycles. The largest absolute Gasteiger partial charge is 0.481 e. The van der Waals surface area contributed by atoms with E-state index in [-0.39, 0.29) is 5.92 Å². The fraction of sp³-hybridized carbons (Fsp3) is 0.562. The highest BCUT2D eigenvalue weighted by Crippen LogP contribution is 2.39. The Morgan fingerprint density at radius 2 is 2.20 bits per heavy atom. The van der Waals surface area contributed by atoms with Gasteiger partial charge < -0.3 is 5.11 Å². The number of benzene rings is 1. The van der Waals surface area contributed by atoms with Gasteiger partial charge in [0.25, 0.3) is 0 Å². The maximum absolute atomic E-state index is 11.6. The molecule has 0 radical (unpaired) electrons. The zero-order valence-electron chi connectivity index (χ0n) is 12.3. The van der Waals surface area contributed by atoms with Gasteiger partial charge in [-0.2, -0.15) is 0 Å². The second-order valence-electron chi connectivity index (χ2n) is 6.17. The van der Waals surface area contributed by atoms with Gasteiger partial charge in [0.1, 0.15) is 0 Å². The number of hydrogen-bond acceptors (Lipinski definition) is 2. The van der Waals surface area contributed by atoms with Gasteiger partial charge >= 0.3 is 5.97 Å². The van der Waals surface area contributed by atoms with Gasteiger partial charge in [-0.15, -0.1) is 0 Å². The Hall–Kier alpha value is -1.06. The number of halogens is 1. The third-order valence-corrected chi connectivity index (χ3v) is 4.87. The van der Waals surface area contributed by atoms with Gasteiger partial charge in [0.2, 0.25) is 0 Å². The monoisotopic (exact) mass is 295 g/mol. The van der Waals surface area contributed by atoms with Gasteiger partial charge in [-0.1, -0.05) is 37.6 Å². The number of hydrogen-bond donors (Lipinski definition) is 1. The molecule has 1 aliphatic heterocycles. The molecule has 3 nitrogen and oxygen atoms in total. The second-order valence-corrected chi connectivity index (χ2v) is 6.58. The summed E-state index contributed by atoms with van der Waals surface area (Å²) >= 11 is 6.26. The maximum Gasteiger partial charge on any atom is 0.311 e. The van der Waals surface area contributed by atoms with Crippen molar-refractivity contribution in [3.05, 3.63) is 34.3 Å². The minimum atomic E-state index is -0.676. The van der Waals surface area contributed by atoms with Crippen LogP contribution in [0.4, 0.5) is 0 Å². The molecule has 4 heteroatoms. The Morgan fingerprint density at radius 3 is 2.70 bits per heavy atom. The maximum atomic E-state index is 11.6. The van der Waals surface area contributed by atoms with Gasteiger partial charge in [0.05, 0.1) is 5.41 Å². The highest BCUT2D eigenvalue weighted by molar-refractivity contribution is 6.31. The molecule has 110 valence electrons. The molecule has 0 amide bonds. The van der Waals surface area contributed by atoms with Crippen LogP contribution >= 0.6 is 11.6 Å². The number of carboxylic acid groups (broad SMARTS) is 1. The van der Waals surface area contributed by atoms with E-state index >= 15 is 0 Å². The Balaban J connectivity index is 2.11. The average molecular weight is 296 g/mol. The number of aryl methyl sites for hydroxylation is 1.